The molecule has 0 aliphatic rings. The molecule has 0 fully saturated rings. The molecule has 0 bridgehead atoms. The maximum atomic E-state index is 10.9. The first kappa shape index (κ1) is 11.7. The van der Waals surface area contributed by atoms with Crippen LogP contribution >= 0.6 is 15.9 Å². The van der Waals surface area contributed by atoms with Gasteiger partial charge >= 0.3 is 5.69 Å². The van der Waals surface area contributed by atoms with Crippen LogP contribution in [0.25, 0.3) is 5.69 Å². The fourth-order valence-electron chi connectivity index (χ4n) is 1.67. The second-order valence-electron chi connectivity index (χ2n) is 3.52. The van der Waals surface area contributed by atoms with E-state index in [-0.39, 0.29) is 5.69 Å². The molecular formula is C10H9BrN4O2. The zero-order valence-corrected chi connectivity index (χ0v) is 10.8. The van der Waals surface area contributed by atoms with E-state index in [1.165, 1.54) is 0 Å². The predicted molar refractivity (Wildman–Crippen MR) is 65.2 cm³/mol. The van der Waals surface area contributed by atoms with Crippen molar-refractivity contribution in [2.24, 2.45) is 0 Å². The summed E-state index contributed by atoms with van der Waals surface area (Å²) in [7, 11) is 0. The maximum Gasteiger partial charge on any atom is 0.313 e. The Balaban J connectivity index is 2.66. The van der Waals surface area contributed by atoms with Crippen LogP contribution in [0, 0.1) is 24.0 Å². The van der Waals surface area contributed by atoms with Crippen LogP contribution in [0.2, 0.25) is 0 Å². The molecule has 0 spiro atoms. The fourth-order valence-corrected chi connectivity index (χ4v) is 2.09. The first-order valence-corrected chi connectivity index (χ1v) is 5.62. The highest BCUT2D eigenvalue weighted by molar-refractivity contribution is 9.10. The molecule has 88 valence electrons. The molecule has 7 heteroatoms. The normalized spacial score (nSPS) is 10.5. The van der Waals surface area contributed by atoms with Gasteiger partial charge in [-0.1, -0.05) is 0 Å². The highest BCUT2D eigenvalue weighted by Gasteiger charge is 2.23. The van der Waals surface area contributed by atoms with Gasteiger partial charge in [-0.2, -0.15) is 5.10 Å². The number of aromatic nitrogens is 3. The Labute approximate surface area is 106 Å². The average Bonchev–Trinajstić information content (AvgIpc) is 2.55. The molecule has 2 rings (SSSR count). The summed E-state index contributed by atoms with van der Waals surface area (Å²) in [5.41, 5.74) is 1.68. The van der Waals surface area contributed by atoms with Crippen LogP contribution in [-0.4, -0.2) is 19.7 Å². The second-order valence-corrected chi connectivity index (χ2v) is 4.37. The van der Waals surface area contributed by atoms with Crippen molar-refractivity contribution in [3.63, 3.8) is 0 Å². The summed E-state index contributed by atoms with van der Waals surface area (Å²) in [6.45, 7) is 3.29. The van der Waals surface area contributed by atoms with E-state index in [9.17, 15) is 10.1 Å². The number of hydrogen-bond donors (Lipinski definition) is 0. The third-order valence-electron chi connectivity index (χ3n) is 2.41. The molecule has 0 amide bonds. The molecule has 0 unspecified atom stereocenters. The number of pyridine rings is 1. The molecule has 0 aromatic carbocycles. The van der Waals surface area contributed by atoms with Crippen molar-refractivity contribution >= 4 is 21.6 Å². The average molecular weight is 297 g/mol. The Hall–Kier alpha value is -1.76. The molecular weight excluding hydrogens is 288 g/mol. The van der Waals surface area contributed by atoms with Gasteiger partial charge in [0.2, 0.25) is 0 Å². The molecule has 0 aliphatic heterocycles. The van der Waals surface area contributed by atoms with Gasteiger partial charge in [-0.3, -0.25) is 15.1 Å². The molecule has 0 saturated carbocycles. The van der Waals surface area contributed by atoms with Crippen molar-refractivity contribution in [3.05, 3.63) is 44.4 Å². The molecule has 2 heterocycles. The van der Waals surface area contributed by atoms with Crippen LogP contribution in [0.15, 0.2) is 22.9 Å². The van der Waals surface area contributed by atoms with E-state index in [0.29, 0.717) is 11.4 Å². The van der Waals surface area contributed by atoms with Crippen molar-refractivity contribution in [1.82, 2.24) is 14.8 Å². The lowest BCUT2D eigenvalue weighted by atomic mass is 10.3. The third-order valence-corrected chi connectivity index (χ3v) is 3.03. The summed E-state index contributed by atoms with van der Waals surface area (Å²) in [5, 5.41) is 15.1. The number of halogens is 1. The quantitative estimate of drug-likeness (QED) is 0.630. The van der Waals surface area contributed by atoms with Crippen molar-refractivity contribution in [1.29, 1.82) is 0 Å². The van der Waals surface area contributed by atoms with E-state index in [1.54, 1.807) is 37.0 Å². The Morgan fingerprint density at radius 1 is 1.47 bits per heavy atom. The molecule has 0 radical (unpaired) electrons. The minimum Gasteiger partial charge on any atom is -0.263 e. The van der Waals surface area contributed by atoms with Crippen LogP contribution in [0.4, 0.5) is 5.69 Å². The standard InChI is InChI=1S/C10H9BrN4O2/c1-6-10(15(16)17)7(2)14(13-6)9-3-4-12-5-8(9)11/h3-5H,1-2H3. The van der Waals surface area contributed by atoms with Gasteiger partial charge in [-0.25, -0.2) is 4.68 Å². The maximum absolute atomic E-state index is 10.9. The molecule has 0 saturated heterocycles. The lowest BCUT2D eigenvalue weighted by molar-refractivity contribution is -0.386. The number of nitro groups is 1. The van der Waals surface area contributed by atoms with Crippen LogP contribution < -0.4 is 0 Å². The molecule has 17 heavy (non-hydrogen) atoms. The highest BCUT2D eigenvalue weighted by atomic mass is 79.9. The Morgan fingerprint density at radius 3 is 2.71 bits per heavy atom. The SMILES string of the molecule is Cc1nn(-c2ccncc2Br)c(C)c1[N+](=O)[O-]. The number of aryl methyl sites for hydroxylation is 1. The molecule has 2 aromatic heterocycles. The monoisotopic (exact) mass is 296 g/mol. The summed E-state index contributed by atoms with van der Waals surface area (Å²) >= 11 is 3.34. The van der Waals surface area contributed by atoms with E-state index in [2.05, 4.69) is 26.0 Å². The topological polar surface area (TPSA) is 73.8 Å². The van der Waals surface area contributed by atoms with Crippen molar-refractivity contribution in [2.75, 3.05) is 0 Å². The minimum atomic E-state index is -0.413. The van der Waals surface area contributed by atoms with Crippen LogP contribution in [-0.2, 0) is 0 Å². The molecule has 2 aromatic rings. The van der Waals surface area contributed by atoms with Crippen LogP contribution in [0.3, 0.4) is 0 Å². The third kappa shape index (κ3) is 1.93. The Morgan fingerprint density at radius 2 is 2.18 bits per heavy atom. The van der Waals surface area contributed by atoms with Gasteiger partial charge in [0.15, 0.2) is 0 Å². The minimum absolute atomic E-state index is 0.0497. The lowest BCUT2D eigenvalue weighted by Gasteiger charge is -2.04. The largest absolute Gasteiger partial charge is 0.313 e. The number of rotatable bonds is 2. The Bertz CT molecular complexity index is 594. The zero-order chi connectivity index (χ0) is 12.6. The smallest absolute Gasteiger partial charge is 0.263 e. The summed E-state index contributed by atoms with van der Waals surface area (Å²) < 4.78 is 2.28. The van der Waals surface area contributed by atoms with Gasteiger partial charge in [-0.05, 0) is 35.8 Å². The highest BCUT2D eigenvalue weighted by Crippen LogP contribution is 2.27. The first-order chi connectivity index (χ1) is 8.02. The summed E-state index contributed by atoms with van der Waals surface area (Å²) in [6, 6.07) is 1.74. The molecule has 0 N–H and O–H groups in total. The number of nitrogens with zero attached hydrogens (tertiary/aromatic N) is 4. The van der Waals surface area contributed by atoms with Crippen LogP contribution in [0.5, 0.6) is 0 Å². The van der Waals surface area contributed by atoms with Crippen molar-refractivity contribution < 1.29 is 4.92 Å². The van der Waals surface area contributed by atoms with Crippen LogP contribution in [0.1, 0.15) is 11.4 Å². The van der Waals surface area contributed by atoms with Gasteiger partial charge in [0.1, 0.15) is 11.4 Å². The van der Waals surface area contributed by atoms with Gasteiger partial charge in [0.25, 0.3) is 0 Å². The van der Waals surface area contributed by atoms with Crippen molar-refractivity contribution in [2.45, 2.75) is 13.8 Å². The van der Waals surface area contributed by atoms with Crippen molar-refractivity contribution in [3.8, 4) is 5.69 Å². The van der Waals surface area contributed by atoms with Gasteiger partial charge in [0, 0.05) is 12.4 Å². The second kappa shape index (κ2) is 4.25. The van der Waals surface area contributed by atoms with Gasteiger partial charge < -0.3 is 0 Å². The lowest BCUT2D eigenvalue weighted by Crippen LogP contribution is -2.01. The Kier molecular flexibility index (Phi) is 2.93. The molecule has 0 aliphatic carbocycles. The molecule has 6 nitrogen and oxygen atoms in total. The first-order valence-electron chi connectivity index (χ1n) is 4.83. The van der Waals surface area contributed by atoms with E-state index in [1.807, 2.05) is 0 Å². The zero-order valence-electron chi connectivity index (χ0n) is 9.22. The van der Waals surface area contributed by atoms with E-state index < -0.39 is 4.92 Å². The summed E-state index contributed by atoms with van der Waals surface area (Å²) in [4.78, 5) is 14.4. The predicted octanol–water partition coefficient (Wildman–Crippen LogP) is 2.55. The van der Waals surface area contributed by atoms with Gasteiger partial charge in [-0.15, -0.1) is 0 Å². The number of hydrogen-bond acceptors (Lipinski definition) is 4. The fraction of sp³-hybridized carbons (Fsp3) is 0.200. The summed E-state index contributed by atoms with van der Waals surface area (Å²) in [5.74, 6) is 0. The van der Waals surface area contributed by atoms with E-state index in [4.69, 9.17) is 0 Å². The van der Waals surface area contributed by atoms with E-state index >= 15 is 0 Å². The van der Waals surface area contributed by atoms with Gasteiger partial charge in [0.05, 0.1) is 15.1 Å². The van der Waals surface area contributed by atoms with E-state index in [0.717, 1.165) is 10.2 Å². The summed E-state index contributed by atoms with van der Waals surface area (Å²) in [6.07, 6.45) is 3.24. The molecule has 0 atom stereocenters.